The van der Waals surface area contributed by atoms with Crippen LogP contribution in [0.3, 0.4) is 0 Å². The van der Waals surface area contributed by atoms with Crippen LogP contribution < -0.4 is 5.73 Å². The Bertz CT molecular complexity index is 310. The van der Waals surface area contributed by atoms with Gasteiger partial charge in [-0.05, 0) is 29.4 Å². The first kappa shape index (κ1) is 13.5. The number of nitrogens with two attached hydrogens (primary N) is 1. The van der Waals surface area contributed by atoms with Gasteiger partial charge in [-0.2, -0.15) is 11.8 Å². The first-order valence-corrected chi connectivity index (χ1v) is 6.68. The molecule has 1 rings (SSSR count). The van der Waals surface area contributed by atoms with Gasteiger partial charge in [-0.3, -0.25) is 0 Å². The number of benzene rings is 1. The molecular formula is C13H20FNS. The van der Waals surface area contributed by atoms with Crippen molar-refractivity contribution in [2.24, 2.45) is 11.7 Å². The molecule has 0 aromatic heterocycles. The van der Waals surface area contributed by atoms with Gasteiger partial charge in [0.2, 0.25) is 0 Å². The van der Waals surface area contributed by atoms with Crippen molar-refractivity contribution >= 4 is 11.8 Å². The van der Waals surface area contributed by atoms with E-state index >= 15 is 0 Å². The molecule has 16 heavy (non-hydrogen) atoms. The smallest absolute Gasteiger partial charge is 0.123 e. The van der Waals surface area contributed by atoms with Crippen LogP contribution in [-0.2, 0) is 0 Å². The largest absolute Gasteiger partial charge is 0.323 e. The molecule has 0 aliphatic heterocycles. The van der Waals surface area contributed by atoms with E-state index in [2.05, 4.69) is 20.8 Å². The van der Waals surface area contributed by atoms with E-state index in [0.717, 1.165) is 11.3 Å². The zero-order valence-corrected chi connectivity index (χ0v) is 10.9. The van der Waals surface area contributed by atoms with E-state index in [1.54, 1.807) is 12.1 Å². The number of halogens is 1. The van der Waals surface area contributed by atoms with Gasteiger partial charge in [0, 0.05) is 11.3 Å². The van der Waals surface area contributed by atoms with Crippen LogP contribution in [-0.4, -0.2) is 11.0 Å². The van der Waals surface area contributed by atoms with Gasteiger partial charge in [0.25, 0.3) is 0 Å². The Morgan fingerprint density at radius 2 is 1.75 bits per heavy atom. The predicted molar refractivity (Wildman–Crippen MR) is 70.1 cm³/mol. The maximum Gasteiger partial charge on any atom is 0.123 e. The van der Waals surface area contributed by atoms with Gasteiger partial charge in [-0.15, -0.1) is 0 Å². The second kappa shape index (κ2) is 6.26. The number of thioether (sulfide) groups is 1. The van der Waals surface area contributed by atoms with E-state index in [0.29, 0.717) is 11.2 Å². The van der Waals surface area contributed by atoms with Crippen molar-refractivity contribution in [2.75, 3.05) is 5.75 Å². The zero-order chi connectivity index (χ0) is 12.1. The summed E-state index contributed by atoms with van der Waals surface area (Å²) in [5, 5.41) is 0.355. The van der Waals surface area contributed by atoms with Crippen molar-refractivity contribution in [2.45, 2.75) is 32.1 Å². The van der Waals surface area contributed by atoms with E-state index in [4.69, 9.17) is 5.73 Å². The van der Waals surface area contributed by atoms with Gasteiger partial charge in [-0.25, -0.2) is 4.39 Å². The van der Waals surface area contributed by atoms with Crippen LogP contribution in [0.5, 0.6) is 0 Å². The lowest BCUT2D eigenvalue weighted by atomic mass is 10.1. The average molecular weight is 241 g/mol. The molecule has 0 aliphatic carbocycles. The van der Waals surface area contributed by atoms with Gasteiger partial charge in [0.15, 0.2) is 0 Å². The molecule has 2 atom stereocenters. The molecule has 1 aromatic rings. The summed E-state index contributed by atoms with van der Waals surface area (Å²) in [4.78, 5) is 0. The third-order valence-corrected chi connectivity index (χ3v) is 4.13. The van der Waals surface area contributed by atoms with Crippen molar-refractivity contribution < 1.29 is 4.39 Å². The van der Waals surface area contributed by atoms with E-state index in [1.165, 1.54) is 12.1 Å². The van der Waals surface area contributed by atoms with Crippen LogP contribution in [0, 0.1) is 11.7 Å². The van der Waals surface area contributed by atoms with Crippen molar-refractivity contribution in [3.05, 3.63) is 35.6 Å². The van der Waals surface area contributed by atoms with Gasteiger partial charge in [0.05, 0.1) is 0 Å². The van der Waals surface area contributed by atoms with E-state index < -0.39 is 0 Å². The Kier molecular flexibility index (Phi) is 5.29. The van der Waals surface area contributed by atoms with Crippen LogP contribution in [0.2, 0.25) is 0 Å². The molecule has 1 nitrogen and oxygen atoms in total. The molecule has 2 unspecified atom stereocenters. The van der Waals surface area contributed by atoms with Crippen molar-refractivity contribution in [1.29, 1.82) is 0 Å². The molecule has 2 N–H and O–H groups in total. The highest BCUT2D eigenvalue weighted by Gasteiger charge is 2.15. The summed E-state index contributed by atoms with van der Waals surface area (Å²) >= 11 is 1.87. The van der Waals surface area contributed by atoms with Crippen LogP contribution >= 0.6 is 11.8 Å². The Hall–Kier alpha value is -0.540. The van der Waals surface area contributed by atoms with Crippen LogP contribution in [0.15, 0.2) is 24.3 Å². The third kappa shape index (κ3) is 4.14. The second-order valence-electron chi connectivity index (χ2n) is 4.51. The van der Waals surface area contributed by atoms with E-state index in [1.807, 2.05) is 11.8 Å². The minimum atomic E-state index is -0.210. The summed E-state index contributed by atoms with van der Waals surface area (Å²) in [5.41, 5.74) is 7.14. The van der Waals surface area contributed by atoms with Crippen molar-refractivity contribution in [1.82, 2.24) is 0 Å². The Labute approximate surface area is 102 Å². The number of hydrogen-bond donors (Lipinski definition) is 1. The minimum Gasteiger partial charge on any atom is -0.323 e. The minimum absolute atomic E-state index is 0.0238. The maximum absolute atomic E-state index is 12.8. The lowest BCUT2D eigenvalue weighted by Crippen LogP contribution is -2.21. The number of rotatable bonds is 5. The van der Waals surface area contributed by atoms with Gasteiger partial charge < -0.3 is 5.73 Å². The van der Waals surface area contributed by atoms with Crippen LogP contribution in [0.4, 0.5) is 4.39 Å². The summed E-state index contributed by atoms with van der Waals surface area (Å²) < 4.78 is 12.8. The summed E-state index contributed by atoms with van der Waals surface area (Å²) in [5.74, 6) is 1.57. The summed E-state index contributed by atoms with van der Waals surface area (Å²) in [6.45, 7) is 6.52. The second-order valence-corrected chi connectivity index (χ2v) is 5.92. The van der Waals surface area contributed by atoms with Crippen LogP contribution in [0.1, 0.15) is 32.4 Å². The molecule has 1 aromatic carbocycles. The standard InChI is InChI=1S/C13H20FNS/c1-9(2)8-16-10(3)13(15)11-4-6-12(14)7-5-11/h4-7,9-10,13H,8,15H2,1-3H3. The normalized spacial score (nSPS) is 15.1. The highest BCUT2D eigenvalue weighted by Crippen LogP contribution is 2.25. The topological polar surface area (TPSA) is 26.0 Å². The van der Waals surface area contributed by atoms with E-state index in [-0.39, 0.29) is 11.9 Å². The zero-order valence-electron chi connectivity index (χ0n) is 10.1. The van der Waals surface area contributed by atoms with Crippen molar-refractivity contribution in [3.63, 3.8) is 0 Å². The van der Waals surface area contributed by atoms with Crippen LogP contribution in [0.25, 0.3) is 0 Å². The predicted octanol–water partition coefficient (Wildman–Crippen LogP) is 3.60. The molecule has 0 heterocycles. The third-order valence-electron chi connectivity index (χ3n) is 2.45. The highest BCUT2D eigenvalue weighted by molar-refractivity contribution is 7.99. The fraction of sp³-hybridized carbons (Fsp3) is 0.538. The van der Waals surface area contributed by atoms with Gasteiger partial charge in [-0.1, -0.05) is 32.9 Å². The highest BCUT2D eigenvalue weighted by atomic mass is 32.2. The SMILES string of the molecule is CC(C)CSC(C)C(N)c1ccc(F)cc1. The molecule has 0 radical (unpaired) electrons. The van der Waals surface area contributed by atoms with Gasteiger partial charge in [0.1, 0.15) is 5.82 Å². The molecule has 90 valence electrons. The summed E-state index contributed by atoms with van der Waals surface area (Å²) in [6, 6.07) is 6.45. The molecule has 0 fully saturated rings. The molecule has 0 bridgehead atoms. The number of hydrogen-bond acceptors (Lipinski definition) is 2. The Morgan fingerprint density at radius 3 is 2.25 bits per heavy atom. The van der Waals surface area contributed by atoms with Gasteiger partial charge >= 0.3 is 0 Å². The Morgan fingerprint density at radius 1 is 1.19 bits per heavy atom. The molecule has 3 heteroatoms. The van der Waals surface area contributed by atoms with Crippen molar-refractivity contribution in [3.8, 4) is 0 Å². The molecule has 0 saturated heterocycles. The average Bonchev–Trinajstić information content (AvgIpc) is 2.26. The van der Waals surface area contributed by atoms with E-state index in [9.17, 15) is 4.39 Å². The monoisotopic (exact) mass is 241 g/mol. The molecular weight excluding hydrogens is 221 g/mol. The lowest BCUT2D eigenvalue weighted by molar-refractivity contribution is 0.624. The lowest BCUT2D eigenvalue weighted by Gasteiger charge is -2.20. The molecule has 0 spiro atoms. The fourth-order valence-electron chi connectivity index (χ4n) is 1.40. The maximum atomic E-state index is 12.8. The summed E-state index contributed by atoms with van der Waals surface area (Å²) in [7, 11) is 0. The quantitative estimate of drug-likeness (QED) is 0.852. The first-order chi connectivity index (χ1) is 7.50. The molecule has 0 amide bonds. The summed E-state index contributed by atoms with van der Waals surface area (Å²) in [6.07, 6.45) is 0. The fourth-order valence-corrected chi connectivity index (χ4v) is 2.46. The molecule has 0 saturated carbocycles. The first-order valence-electron chi connectivity index (χ1n) is 5.63. The Balaban J connectivity index is 2.56. The molecule has 0 aliphatic rings.